The average molecular weight is 419 g/mol. The molecule has 1 aliphatic heterocycles. The van der Waals surface area contributed by atoms with E-state index in [1.54, 1.807) is 0 Å². The predicted octanol–water partition coefficient (Wildman–Crippen LogP) is 4.41. The Morgan fingerprint density at radius 1 is 1.03 bits per heavy atom. The standard InChI is InChI=1S/C23H26N6S/c1-17-10-12-19(13-11-17)25-23(30)26-24-16-21-18(2)27-29(20-8-4-3-5-9-20)22(21)28-14-6-7-15-28/h3-5,8-13,16H,6-7,14-15H2,1-2H3,(H2,25,26,30). The summed E-state index contributed by atoms with van der Waals surface area (Å²) in [6.07, 6.45) is 4.20. The van der Waals surface area contributed by atoms with Crippen molar-refractivity contribution < 1.29 is 0 Å². The van der Waals surface area contributed by atoms with E-state index >= 15 is 0 Å². The second kappa shape index (κ2) is 9.09. The molecule has 1 aromatic heterocycles. The summed E-state index contributed by atoms with van der Waals surface area (Å²) >= 11 is 5.37. The van der Waals surface area contributed by atoms with Crippen molar-refractivity contribution in [1.82, 2.24) is 15.2 Å². The van der Waals surface area contributed by atoms with Crippen LogP contribution in [0.25, 0.3) is 5.69 Å². The summed E-state index contributed by atoms with van der Waals surface area (Å²) in [6.45, 7) is 6.13. The van der Waals surface area contributed by atoms with Crippen molar-refractivity contribution in [2.75, 3.05) is 23.3 Å². The quantitative estimate of drug-likeness (QED) is 0.365. The minimum absolute atomic E-state index is 0.450. The first kappa shape index (κ1) is 20.1. The van der Waals surface area contributed by atoms with Gasteiger partial charge in [0.1, 0.15) is 5.82 Å². The minimum Gasteiger partial charge on any atom is -0.356 e. The molecule has 2 heterocycles. The maximum atomic E-state index is 5.37. The summed E-state index contributed by atoms with van der Waals surface area (Å²) in [5, 5.41) is 12.8. The van der Waals surface area contributed by atoms with Gasteiger partial charge in [-0.05, 0) is 63.2 Å². The maximum Gasteiger partial charge on any atom is 0.191 e. The van der Waals surface area contributed by atoms with Gasteiger partial charge in [-0.25, -0.2) is 4.68 Å². The lowest BCUT2D eigenvalue weighted by Crippen LogP contribution is -2.24. The van der Waals surface area contributed by atoms with Crippen LogP contribution in [0.5, 0.6) is 0 Å². The normalized spacial score (nSPS) is 13.7. The first-order valence-corrected chi connectivity index (χ1v) is 10.6. The molecule has 0 bridgehead atoms. The van der Waals surface area contributed by atoms with Crippen molar-refractivity contribution >= 4 is 35.1 Å². The summed E-state index contributed by atoms with van der Waals surface area (Å²) in [4.78, 5) is 2.39. The zero-order valence-electron chi connectivity index (χ0n) is 17.3. The SMILES string of the molecule is Cc1ccc(NC(=S)NN=Cc2c(C)nn(-c3ccccc3)c2N2CCCC2)cc1. The molecule has 6 nitrogen and oxygen atoms in total. The van der Waals surface area contributed by atoms with E-state index in [1.165, 1.54) is 18.4 Å². The van der Waals surface area contributed by atoms with Gasteiger partial charge in [-0.2, -0.15) is 10.2 Å². The van der Waals surface area contributed by atoms with Crippen LogP contribution in [0.1, 0.15) is 29.7 Å². The van der Waals surface area contributed by atoms with Crippen LogP contribution in [0.4, 0.5) is 11.5 Å². The smallest absolute Gasteiger partial charge is 0.191 e. The lowest BCUT2D eigenvalue weighted by atomic mass is 10.2. The number of thiocarbonyl (C=S) groups is 1. The van der Waals surface area contributed by atoms with Crippen LogP contribution in [0, 0.1) is 13.8 Å². The monoisotopic (exact) mass is 418 g/mol. The number of para-hydroxylation sites is 1. The van der Waals surface area contributed by atoms with Crippen LogP contribution in [0.15, 0.2) is 59.7 Å². The molecule has 7 heteroatoms. The first-order valence-electron chi connectivity index (χ1n) is 10.2. The van der Waals surface area contributed by atoms with Gasteiger partial charge in [-0.1, -0.05) is 35.9 Å². The predicted molar refractivity (Wildman–Crippen MR) is 128 cm³/mol. The lowest BCUT2D eigenvalue weighted by molar-refractivity contribution is 0.815. The van der Waals surface area contributed by atoms with Gasteiger partial charge in [0, 0.05) is 18.8 Å². The molecule has 3 aromatic rings. The molecule has 0 saturated carbocycles. The van der Waals surface area contributed by atoms with Crippen LogP contribution in [-0.2, 0) is 0 Å². The third-order valence-electron chi connectivity index (χ3n) is 5.16. The molecule has 30 heavy (non-hydrogen) atoms. The van der Waals surface area contributed by atoms with Crippen molar-refractivity contribution in [1.29, 1.82) is 0 Å². The molecule has 154 valence electrons. The Bertz CT molecular complexity index is 1030. The van der Waals surface area contributed by atoms with Gasteiger partial charge in [0.15, 0.2) is 5.11 Å². The number of hydrazone groups is 1. The Hall–Kier alpha value is -3.19. The molecule has 2 aromatic carbocycles. The topological polar surface area (TPSA) is 57.5 Å². The molecule has 2 N–H and O–H groups in total. The highest BCUT2D eigenvalue weighted by Gasteiger charge is 2.23. The highest BCUT2D eigenvalue weighted by atomic mass is 32.1. The average Bonchev–Trinajstić information content (AvgIpc) is 3.39. The molecule has 1 aliphatic rings. The Morgan fingerprint density at radius 2 is 1.73 bits per heavy atom. The fourth-order valence-electron chi connectivity index (χ4n) is 3.61. The van der Waals surface area contributed by atoms with Crippen molar-refractivity contribution in [3.05, 3.63) is 71.4 Å². The van der Waals surface area contributed by atoms with Crippen molar-refractivity contribution in [2.24, 2.45) is 5.10 Å². The molecular formula is C23H26N6S. The fourth-order valence-corrected chi connectivity index (χ4v) is 3.78. The second-order valence-electron chi connectivity index (χ2n) is 7.45. The number of nitrogens with zero attached hydrogens (tertiary/aromatic N) is 4. The molecule has 0 spiro atoms. The van der Waals surface area contributed by atoms with Crippen LogP contribution >= 0.6 is 12.2 Å². The number of aromatic nitrogens is 2. The molecule has 0 amide bonds. The van der Waals surface area contributed by atoms with Gasteiger partial charge < -0.3 is 10.2 Å². The molecule has 1 saturated heterocycles. The van der Waals surface area contributed by atoms with Crippen molar-refractivity contribution in [3.8, 4) is 5.69 Å². The number of nitrogens with one attached hydrogen (secondary N) is 2. The highest BCUT2D eigenvalue weighted by molar-refractivity contribution is 7.80. The van der Waals surface area contributed by atoms with Gasteiger partial charge in [0.2, 0.25) is 0 Å². The van der Waals surface area contributed by atoms with Crippen LogP contribution in [0.2, 0.25) is 0 Å². The van der Waals surface area contributed by atoms with Crippen LogP contribution in [0.3, 0.4) is 0 Å². The van der Waals surface area contributed by atoms with Crippen LogP contribution < -0.4 is 15.6 Å². The Balaban J connectivity index is 1.55. The zero-order valence-corrected chi connectivity index (χ0v) is 18.1. The number of rotatable bonds is 5. The van der Waals surface area contributed by atoms with Gasteiger partial charge >= 0.3 is 0 Å². The number of aryl methyl sites for hydroxylation is 2. The number of hydrogen-bond acceptors (Lipinski definition) is 4. The first-order chi connectivity index (χ1) is 14.6. The van der Waals surface area contributed by atoms with E-state index in [9.17, 15) is 0 Å². The molecule has 0 aliphatic carbocycles. The summed E-state index contributed by atoms with van der Waals surface area (Å²) in [6, 6.07) is 18.3. The largest absolute Gasteiger partial charge is 0.356 e. The summed E-state index contributed by atoms with van der Waals surface area (Å²) in [5.74, 6) is 1.08. The molecule has 0 unspecified atom stereocenters. The Kier molecular flexibility index (Phi) is 6.09. The Labute approximate surface area is 182 Å². The third-order valence-corrected chi connectivity index (χ3v) is 5.35. The number of hydrogen-bond donors (Lipinski definition) is 2. The van der Waals surface area contributed by atoms with Crippen molar-refractivity contribution in [3.63, 3.8) is 0 Å². The molecule has 0 radical (unpaired) electrons. The van der Waals surface area contributed by atoms with Gasteiger partial charge in [0.25, 0.3) is 0 Å². The van der Waals surface area contributed by atoms with E-state index in [0.29, 0.717) is 5.11 Å². The Morgan fingerprint density at radius 3 is 2.43 bits per heavy atom. The molecule has 1 fully saturated rings. The summed E-state index contributed by atoms with van der Waals surface area (Å²) in [7, 11) is 0. The summed E-state index contributed by atoms with van der Waals surface area (Å²) < 4.78 is 2.02. The van der Waals surface area contributed by atoms with E-state index < -0.39 is 0 Å². The number of anilines is 2. The minimum atomic E-state index is 0.450. The van der Waals surface area contributed by atoms with E-state index in [2.05, 4.69) is 39.8 Å². The van der Waals surface area contributed by atoms with Crippen LogP contribution in [-0.4, -0.2) is 34.2 Å². The van der Waals surface area contributed by atoms with Gasteiger partial charge in [-0.15, -0.1) is 0 Å². The van der Waals surface area contributed by atoms with Gasteiger partial charge in [0.05, 0.1) is 23.2 Å². The fraction of sp³-hybridized carbons (Fsp3) is 0.261. The van der Waals surface area contributed by atoms with E-state index in [4.69, 9.17) is 17.3 Å². The third kappa shape index (κ3) is 4.52. The van der Waals surface area contributed by atoms with E-state index in [0.717, 1.165) is 41.5 Å². The van der Waals surface area contributed by atoms with Gasteiger partial charge in [-0.3, -0.25) is 5.43 Å². The molecular weight excluding hydrogens is 392 g/mol. The van der Waals surface area contributed by atoms with E-state index in [-0.39, 0.29) is 0 Å². The van der Waals surface area contributed by atoms with E-state index in [1.807, 2.05) is 60.3 Å². The maximum absolute atomic E-state index is 5.37. The molecule has 4 rings (SSSR count). The summed E-state index contributed by atoms with van der Waals surface area (Å²) in [5.41, 5.74) is 8.05. The highest BCUT2D eigenvalue weighted by Crippen LogP contribution is 2.28. The second-order valence-corrected chi connectivity index (χ2v) is 7.86. The van der Waals surface area contributed by atoms with Crippen molar-refractivity contribution in [2.45, 2.75) is 26.7 Å². The lowest BCUT2D eigenvalue weighted by Gasteiger charge is -2.20. The zero-order chi connectivity index (χ0) is 20.9. The molecule has 0 atom stereocenters. The number of benzene rings is 2.